The lowest BCUT2D eigenvalue weighted by molar-refractivity contribution is 0.102. The van der Waals surface area contributed by atoms with Crippen LogP contribution in [-0.2, 0) is 0 Å². The number of thioether (sulfide) groups is 1. The molecule has 1 amide bonds. The number of hydrogen-bond donors (Lipinski definition) is 1. The molecule has 0 unspecified atom stereocenters. The van der Waals surface area contributed by atoms with Gasteiger partial charge in [-0.25, -0.2) is 4.98 Å². The molecule has 1 N–H and O–H groups in total. The van der Waals surface area contributed by atoms with E-state index in [4.69, 9.17) is 4.98 Å². The predicted molar refractivity (Wildman–Crippen MR) is 117 cm³/mol. The van der Waals surface area contributed by atoms with Crippen molar-refractivity contribution in [2.45, 2.75) is 4.90 Å². The molecule has 0 saturated carbocycles. The third kappa shape index (κ3) is 3.83. The minimum absolute atomic E-state index is 0.133. The summed E-state index contributed by atoms with van der Waals surface area (Å²) in [6.45, 7) is 0. The van der Waals surface area contributed by atoms with E-state index in [9.17, 15) is 4.79 Å². The second-order valence-electron chi connectivity index (χ2n) is 5.69. The van der Waals surface area contributed by atoms with Crippen LogP contribution in [0.1, 0.15) is 10.4 Å². The largest absolute Gasteiger partial charge is 0.298 e. The van der Waals surface area contributed by atoms with Crippen LogP contribution in [0, 0.1) is 0 Å². The third-order valence-corrected chi connectivity index (χ3v) is 6.68. The monoisotopic (exact) mass is 408 g/mol. The summed E-state index contributed by atoms with van der Waals surface area (Å²) in [5.74, 6) is -0.133. The van der Waals surface area contributed by atoms with E-state index in [-0.39, 0.29) is 5.91 Å². The van der Waals surface area contributed by atoms with Crippen molar-refractivity contribution >= 4 is 45.5 Å². The van der Waals surface area contributed by atoms with Crippen molar-refractivity contribution < 1.29 is 4.79 Å². The number of amides is 1. The van der Waals surface area contributed by atoms with Gasteiger partial charge in [0.05, 0.1) is 15.3 Å². The van der Waals surface area contributed by atoms with E-state index < -0.39 is 0 Å². The van der Waals surface area contributed by atoms with E-state index in [0.29, 0.717) is 10.7 Å². The molecule has 2 heterocycles. The summed E-state index contributed by atoms with van der Waals surface area (Å²) in [5.41, 5.74) is 2.68. The molecule has 0 bridgehead atoms. The molecule has 4 aromatic rings. The highest BCUT2D eigenvalue weighted by atomic mass is 32.2. The molecule has 0 aliphatic heterocycles. The topological polar surface area (TPSA) is 42.0 Å². The maximum absolute atomic E-state index is 12.8. The smallest absolute Gasteiger partial charge is 0.258 e. The number of carbonyl (C=O) groups excluding carboxylic acids is 1. The van der Waals surface area contributed by atoms with Crippen molar-refractivity contribution in [2.75, 3.05) is 11.6 Å². The van der Waals surface area contributed by atoms with Gasteiger partial charge in [0.15, 0.2) is 5.13 Å². The number of aromatic nitrogens is 1. The van der Waals surface area contributed by atoms with Crippen LogP contribution >= 0.6 is 34.4 Å². The van der Waals surface area contributed by atoms with E-state index in [2.05, 4.69) is 23.5 Å². The SMILES string of the molecule is CSc1ccccc1C(=O)Nc1nc(-c2cccs2)c(-c2ccccc2)s1. The summed E-state index contributed by atoms with van der Waals surface area (Å²) in [5, 5.41) is 5.63. The van der Waals surface area contributed by atoms with Crippen LogP contribution in [0.5, 0.6) is 0 Å². The zero-order valence-corrected chi connectivity index (χ0v) is 17.0. The number of hydrogen-bond acceptors (Lipinski definition) is 5. The molecule has 0 saturated heterocycles. The second-order valence-corrected chi connectivity index (χ2v) is 8.49. The maximum atomic E-state index is 12.8. The number of nitrogens with one attached hydrogen (secondary N) is 1. The molecule has 2 aromatic carbocycles. The van der Waals surface area contributed by atoms with Crippen LogP contribution in [0.15, 0.2) is 77.0 Å². The molecule has 4 rings (SSSR count). The molecule has 6 heteroatoms. The lowest BCUT2D eigenvalue weighted by Gasteiger charge is -2.06. The van der Waals surface area contributed by atoms with E-state index >= 15 is 0 Å². The molecule has 27 heavy (non-hydrogen) atoms. The first-order chi connectivity index (χ1) is 13.3. The van der Waals surface area contributed by atoms with Crippen molar-refractivity contribution in [1.29, 1.82) is 0 Å². The van der Waals surface area contributed by atoms with E-state index in [1.54, 1.807) is 23.1 Å². The Morgan fingerprint density at radius 2 is 1.78 bits per heavy atom. The van der Waals surface area contributed by atoms with Crippen LogP contribution in [-0.4, -0.2) is 17.1 Å². The lowest BCUT2D eigenvalue weighted by atomic mass is 10.1. The van der Waals surface area contributed by atoms with E-state index in [1.807, 2.05) is 60.2 Å². The highest BCUT2D eigenvalue weighted by Gasteiger charge is 2.18. The molecule has 134 valence electrons. The van der Waals surface area contributed by atoms with Crippen LogP contribution < -0.4 is 5.32 Å². The van der Waals surface area contributed by atoms with E-state index in [1.165, 1.54) is 11.3 Å². The Balaban J connectivity index is 1.71. The first-order valence-corrected chi connectivity index (χ1v) is 11.2. The fourth-order valence-electron chi connectivity index (χ4n) is 2.74. The highest BCUT2D eigenvalue weighted by Crippen LogP contribution is 2.40. The molecule has 0 aliphatic carbocycles. The Labute approximate surface area is 170 Å². The molecular weight excluding hydrogens is 392 g/mol. The van der Waals surface area contributed by atoms with Crippen molar-refractivity contribution in [2.24, 2.45) is 0 Å². The Morgan fingerprint density at radius 3 is 2.52 bits per heavy atom. The van der Waals surface area contributed by atoms with Gasteiger partial charge in [-0.3, -0.25) is 10.1 Å². The Kier molecular flexibility index (Phi) is 5.38. The summed E-state index contributed by atoms with van der Waals surface area (Å²) in [4.78, 5) is 20.6. The predicted octanol–water partition coefficient (Wildman–Crippen LogP) is 6.51. The molecule has 0 fully saturated rings. The van der Waals surface area contributed by atoms with Crippen molar-refractivity contribution in [3.05, 3.63) is 77.7 Å². The van der Waals surface area contributed by atoms with Crippen LogP contribution in [0.3, 0.4) is 0 Å². The quantitative estimate of drug-likeness (QED) is 0.383. The Morgan fingerprint density at radius 1 is 1.00 bits per heavy atom. The van der Waals surface area contributed by atoms with Gasteiger partial charge >= 0.3 is 0 Å². The normalized spacial score (nSPS) is 10.7. The highest BCUT2D eigenvalue weighted by molar-refractivity contribution is 7.98. The molecular formula is C21H16N2OS3. The van der Waals surface area contributed by atoms with Gasteiger partial charge in [0, 0.05) is 4.90 Å². The van der Waals surface area contributed by atoms with Crippen LogP contribution in [0.25, 0.3) is 21.0 Å². The standard InChI is InChI=1S/C21H16N2OS3/c1-25-16-11-6-5-10-15(16)20(24)23-21-22-18(17-12-7-13-26-17)19(27-21)14-8-3-2-4-9-14/h2-13H,1H3,(H,22,23,24). The second kappa shape index (κ2) is 8.08. The lowest BCUT2D eigenvalue weighted by Crippen LogP contribution is -2.12. The molecule has 0 radical (unpaired) electrons. The zero-order valence-electron chi connectivity index (χ0n) is 14.5. The van der Waals surface area contributed by atoms with Crippen molar-refractivity contribution in [3.8, 4) is 21.0 Å². The molecule has 2 aromatic heterocycles. The number of nitrogens with zero attached hydrogens (tertiary/aromatic N) is 1. The minimum Gasteiger partial charge on any atom is -0.298 e. The van der Waals surface area contributed by atoms with Crippen molar-refractivity contribution in [3.63, 3.8) is 0 Å². The molecule has 0 atom stereocenters. The number of thiazole rings is 1. The Bertz CT molecular complexity index is 1060. The van der Waals surface area contributed by atoms with Gasteiger partial charge in [-0.15, -0.1) is 23.1 Å². The number of anilines is 1. The first-order valence-electron chi connectivity index (χ1n) is 8.31. The summed E-state index contributed by atoms with van der Waals surface area (Å²) in [6.07, 6.45) is 1.97. The van der Waals surface area contributed by atoms with Gasteiger partial charge < -0.3 is 0 Å². The average molecular weight is 409 g/mol. The van der Waals surface area contributed by atoms with Gasteiger partial charge in [-0.05, 0) is 35.4 Å². The average Bonchev–Trinajstić information content (AvgIpc) is 3.38. The Hall–Kier alpha value is -2.41. The fraction of sp³-hybridized carbons (Fsp3) is 0.0476. The fourth-order valence-corrected chi connectivity index (χ4v) is 5.10. The van der Waals surface area contributed by atoms with Crippen LogP contribution in [0.2, 0.25) is 0 Å². The van der Waals surface area contributed by atoms with E-state index in [0.717, 1.165) is 25.9 Å². The minimum atomic E-state index is -0.133. The van der Waals surface area contributed by atoms with Crippen molar-refractivity contribution in [1.82, 2.24) is 4.98 Å². The maximum Gasteiger partial charge on any atom is 0.258 e. The first kappa shape index (κ1) is 18.0. The third-order valence-electron chi connectivity index (χ3n) is 3.99. The number of carbonyl (C=O) groups is 1. The van der Waals surface area contributed by atoms with Crippen LogP contribution in [0.4, 0.5) is 5.13 Å². The summed E-state index contributed by atoms with van der Waals surface area (Å²) >= 11 is 4.71. The van der Waals surface area contributed by atoms with Gasteiger partial charge in [0.25, 0.3) is 5.91 Å². The summed E-state index contributed by atoms with van der Waals surface area (Å²) in [6, 6.07) is 21.8. The van der Waals surface area contributed by atoms with Gasteiger partial charge in [0.2, 0.25) is 0 Å². The number of benzene rings is 2. The van der Waals surface area contributed by atoms with Gasteiger partial charge in [-0.1, -0.05) is 59.9 Å². The van der Waals surface area contributed by atoms with Gasteiger partial charge in [0.1, 0.15) is 5.69 Å². The summed E-state index contributed by atoms with van der Waals surface area (Å²) < 4.78 is 0. The number of thiophene rings is 1. The number of rotatable bonds is 5. The molecule has 0 spiro atoms. The molecule has 3 nitrogen and oxygen atoms in total. The molecule has 0 aliphatic rings. The van der Waals surface area contributed by atoms with Gasteiger partial charge in [-0.2, -0.15) is 0 Å². The zero-order chi connectivity index (χ0) is 18.6. The summed E-state index contributed by atoms with van der Waals surface area (Å²) in [7, 11) is 0.